The fraction of sp³-hybridized carbons (Fsp3) is 0.559. The maximum Gasteiger partial charge on any atom is 0.322 e. The molecule has 3 atom stereocenters. The van der Waals surface area contributed by atoms with Crippen LogP contribution in [0.25, 0.3) is 0 Å². The Bertz CT molecular complexity index is 1440. The van der Waals surface area contributed by atoms with Crippen molar-refractivity contribution < 1.29 is 34.2 Å². The Morgan fingerprint density at radius 1 is 1.04 bits per heavy atom. The number of aliphatic hydroxyl groups excluding tert-OH is 1. The van der Waals surface area contributed by atoms with Gasteiger partial charge in [0.2, 0.25) is 0 Å². The summed E-state index contributed by atoms with van der Waals surface area (Å²) < 4.78 is -0.500. The molecule has 11 nitrogen and oxygen atoms in total. The van der Waals surface area contributed by atoms with Crippen LogP contribution in [0.2, 0.25) is 5.02 Å². The van der Waals surface area contributed by atoms with E-state index in [2.05, 4.69) is 15.1 Å². The van der Waals surface area contributed by atoms with Crippen molar-refractivity contribution in [2.75, 3.05) is 44.6 Å². The van der Waals surface area contributed by atoms with Gasteiger partial charge < -0.3 is 40.0 Å². The number of rotatable bonds is 7. The Balaban J connectivity index is 1.35. The molecule has 3 saturated heterocycles. The number of benzene rings is 2. The first-order chi connectivity index (χ1) is 22.2. The van der Waals surface area contributed by atoms with Crippen LogP contribution in [-0.2, 0) is 17.8 Å². The van der Waals surface area contributed by atoms with Gasteiger partial charge in [0.15, 0.2) is 5.66 Å². The fourth-order valence-electron chi connectivity index (χ4n) is 8.57. The number of urea groups is 1. The number of quaternary nitrogens is 1. The van der Waals surface area contributed by atoms with E-state index in [9.17, 15) is 29.7 Å². The van der Waals surface area contributed by atoms with Gasteiger partial charge in [-0.2, -0.15) is 0 Å². The number of para-hydroxylation sites is 1. The molecule has 4 aliphatic rings. The van der Waals surface area contributed by atoms with Gasteiger partial charge in [-0.3, -0.25) is 9.38 Å². The van der Waals surface area contributed by atoms with E-state index in [1.807, 2.05) is 29.2 Å². The molecule has 3 amide bonds. The van der Waals surface area contributed by atoms with E-state index in [0.717, 1.165) is 56.3 Å². The number of phenols is 1. The van der Waals surface area contributed by atoms with Crippen molar-refractivity contribution in [1.82, 2.24) is 14.7 Å². The molecule has 0 bridgehead atoms. The van der Waals surface area contributed by atoms with Gasteiger partial charge in [0.05, 0.1) is 24.1 Å². The van der Waals surface area contributed by atoms with Crippen molar-refractivity contribution in [1.29, 1.82) is 0 Å². The third-order valence-electron chi connectivity index (χ3n) is 11.1. The number of nitrogens with zero attached hydrogens (tertiary/aromatic N) is 4. The number of aliphatic hydroxyl groups is 1. The van der Waals surface area contributed by atoms with Crippen LogP contribution in [0.3, 0.4) is 0 Å². The summed E-state index contributed by atoms with van der Waals surface area (Å²) in [6.45, 7) is 3.50. The van der Waals surface area contributed by atoms with Crippen molar-refractivity contribution >= 4 is 35.7 Å². The maximum atomic E-state index is 13.7. The minimum Gasteiger partial charge on any atom is -0.506 e. The molecule has 248 valence electrons. The molecule has 0 aliphatic carbocycles. The number of carbonyl (C=O) groups is 3. The van der Waals surface area contributed by atoms with E-state index in [4.69, 9.17) is 11.6 Å². The van der Waals surface area contributed by atoms with Gasteiger partial charge >= 0.3 is 6.03 Å². The number of likely N-dealkylation sites (tertiary alicyclic amines) is 3. The minimum atomic E-state index is -1.27. The van der Waals surface area contributed by atoms with E-state index < -0.39 is 16.2 Å². The highest BCUT2D eigenvalue weighted by Crippen LogP contribution is 2.46. The van der Waals surface area contributed by atoms with Gasteiger partial charge in [0.25, 0.3) is 6.09 Å². The summed E-state index contributed by atoms with van der Waals surface area (Å²) in [6.07, 6.45) is 3.71. The number of fused-ring (bicyclic) bond motifs is 1. The molecule has 2 aromatic rings. The van der Waals surface area contributed by atoms with Gasteiger partial charge in [-0.15, -0.1) is 0 Å². The third kappa shape index (κ3) is 6.11. The number of hydrogen-bond donors (Lipinski definition) is 3. The fourth-order valence-corrected chi connectivity index (χ4v) is 8.77. The van der Waals surface area contributed by atoms with Crippen LogP contribution in [0.15, 0.2) is 42.5 Å². The largest absolute Gasteiger partial charge is 0.506 e. The lowest BCUT2D eigenvalue weighted by Gasteiger charge is -2.62. The average Bonchev–Trinajstić information content (AvgIpc) is 3.22. The molecule has 46 heavy (non-hydrogen) atoms. The number of aldehydes is 1. The molecule has 0 saturated carbocycles. The quantitative estimate of drug-likeness (QED) is 0.306. The zero-order chi connectivity index (χ0) is 32.5. The molecule has 0 aromatic heterocycles. The molecule has 4 aliphatic heterocycles. The average molecular weight is 654 g/mol. The summed E-state index contributed by atoms with van der Waals surface area (Å²) in [5.41, 5.74) is 1.26. The number of hydrogen-bond acceptors (Lipinski definition) is 8. The number of phenolic OH excluding ortho intramolecular Hbond substituents is 1. The van der Waals surface area contributed by atoms with Crippen molar-refractivity contribution in [3.8, 4) is 5.75 Å². The Hall–Kier alpha value is -3.22. The van der Waals surface area contributed by atoms with Crippen LogP contribution >= 0.6 is 11.6 Å². The van der Waals surface area contributed by atoms with Gasteiger partial charge in [-0.05, 0) is 61.9 Å². The molecule has 2 aromatic carbocycles. The van der Waals surface area contributed by atoms with E-state index in [-0.39, 0.29) is 54.9 Å². The highest BCUT2D eigenvalue weighted by atomic mass is 35.5. The van der Waals surface area contributed by atoms with Crippen molar-refractivity contribution in [2.45, 2.75) is 81.8 Å². The summed E-state index contributed by atoms with van der Waals surface area (Å²) in [4.78, 5) is 46.3. The molecule has 0 spiro atoms. The number of anilines is 1. The summed E-state index contributed by atoms with van der Waals surface area (Å²) in [5.74, 6) is -0.0937. The van der Waals surface area contributed by atoms with Crippen molar-refractivity contribution in [3.63, 3.8) is 0 Å². The minimum absolute atomic E-state index is 0.0183. The first-order valence-electron chi connectivity index (χ1n) is 16.5. The third-order valence-corrected chi connectivity index (χ3v) is 11.4. The van der Waals surface area contributed by atoms with Crippen LogP contribution in [0.5, 0.6) is 5.75 Å². The van der Waals surface area contributed by atoms with E-state index in [0.29, 0.717) is 44.1 Å². The van der Waals surface area contributed by atoms with Crippen LogP contribution in [0, 0.1) is 0 Å². The van der Waals surface area contributed by atoms with E-state index >= 15 is 0 Å². The van der Waals surface area contributed by atoms with Crippen LogP contribution in [0.1, 0.15) is 56.1 Å². The second-order valence-corrected chi connectivity index (χ2v) is 13.8. The summed E-state index contributed by atoms with van der Waals surface area (Å²) in [7, 11) is 0. The summed E-state index contributed by atoms with van der Waals surface area (Å²) in [5, 5.41) is 36.8. The first kappa shape index (κ1) is 32.7. The zero-order valence-electron chi connectivity index (χ0n) is 26.2. The number of aromatic hydroxyl groups is 1. The molecule has 6 rings (SSSR count). The summed E-state index contributed by atoms with van der Waals surface area (Å²) >= 11 is 6.27. The Labute approximate surface area is 274 Å². The predicted octanol–water partition coefficient (Wildman–Crippen LogP) is 3.16. The van der Waals surface area contributed by atoms with Gasteiger partial charge in [0.1, 0.15) is 18.6 Å². The summed E-state index contributed by atoms with van der Waals surface area (Å²) in [6, 6.07) is 12.2. The van der Waals surface area contributed by atoms with Gasteiger partial charge in [0, 0.05) is 68.9 Å². The lowest BCUT2D eigenvalue weighted by molar-refractivity contribution is -0.956. The smallest absolute Gasteiger partial charge is 0.322 e. The predicted molar refractivity (Wildman–Crippen MR) is 171 cm³/mol. The number of amides is 3. The van der Waals surface area contributed by atoms with Crippen LogP contribution in [0.4, 0.5) is 15.3 Å². The van der Waals surface area contributed by atoms with Gasteiger partial charge in [-0.25, -0.2) is 4.79 Å². The van der Waals surface area contributed by atoms with Crippen molar-refractivity contribution in [3.05, 3.63) is 58.6 Å². The standard InChI is InChI=1S/C34H44ClN5O6/c35-29-21-24(5-6-31(29)43)23-40(33(45)46)19-12-27(39-18-7-25-3-1-2-4-30(25)36-32(39)44)22-34(40,13-20-41)38-16-8-26(9-17-38)37-14-10-28(42)11-15-37/h1-6,20-21,26-28,42H,7-19,22-23H2,(H2-,36,43,44,45,46)/t27?,34?,40-/m0/s1. The molecular weight excluding hydrogens is 610 g/mol. The second-order valence-electron chi connectivity index (χ2n) is 13.4. The number of nitrogens with one attached hydrogen (secondary N) is 1. The highest BCUT2D eigenvalue weighted by Gasteiger charge is 2.61. The molecule has 12 heteroatoms. The first-order valence-corrected chi connectivity index (χ1v) is 16.9. The molecule has 4 heterocycles. The molecule has 2 unspecified atom stereocenters. The monoisotopic (exact) mass is 653 g/mol. The number of halogens is 1. The lowest BCUT2D eigenvalue weighted by atomic mass is 9.81. The Morgan fingerprint density at radius 2 is 1.78 bits per heavy atom. The SMILES string of the molecule is O=CCC1(N2CCC(N3CCC(O)CC3)CC2)CC(N2CCc3ccccc3NC2=O)CC[N@+]1(Cc1ccc(O)c(Cl)c1)C(=O)[O-]. The Kier molecular flexibility index (Phi) is 9.59. The van der Waals surface area contributed by atoms with Gasteiger partial charge in [-0.1, -0.05) is 29.8 Å². The molecular formula is C34H44ClN5O6. The number of piperidine rings is 3. The van der Waals surface area contributed by atoms with Crippen LogP contribution in [-0.4, -0.2) is 111 Å². The number of carboxylic acid groups (broad SMARTS) is 1. The highest BCUT2D eigenvalue weighted by molar-refractivity contribution is 6.32. The van der Waals surface area contributed by atoms with E-state index in [1.165, 1.54) is 6.07 Å². The normalized spacial score (nSPS) is 28.7. The molecule has 3 fully saturated rings. The van der Waals surface area contributed by atoms with Crippen molar-refractivity contribution in [2.24, 2.45) is 0 Å². The lowest BCUT2D eigenvalue weighted by Crippen LogP contribution is -2.80. The topological polar surface area (TPSA) is 136 Å². The second kappa shape index (κ2) is 13.5. The number of carbonyl (C=O) groups excluding carboxylic acids is 3. The zero-order valence-corrected chi connectivity index (χ0v) is 26.9. The Morgan fingerprint density at radius 3 is 2.48 bits per heavy atom. The molecule has 0 radical (unpaired) electrons. The van der Waals surface area contributed by atoms with Crippen LogP contribution < -0.4 is 10.4 Å². The molecule has 3 N–H and O–H groups in total. The van der Waals surface area contributed by atoms with E-state index in [1.54, 1.807) is 12.1 Å². The maximum absolute atomic E-state index is 13.7.